The molecule has 1 aromatic rings. The molecule has 5 heteroatoms. The Labute approximate surface area is 120 Å². The van der Waals surface area contributed by atoms with Crippen molar-refractivity contribution in [3.8, 4) is 5.75 Å². The number of nitrogens with one attached hydrogen (secondary N) is 1. The van der Waals surface area contributed by atoms with Crippen molar-refractivity contribution in [1.29, 1.82) is 0 Å². The fourth-order valence-electron chi connectivity index (χ4n) is 2.22. The van der Waals surface area contributed by atoms with Gasteiger partial charge in [-0.3, -0.25) is 4.79 Å². The van der Waals surface area contributed by atoms with Gasteiger partial charge in [-0.05, 0) is 31.7 Å². The first-order valence-electron chi connectivity index (χ1n) is 6.33. The van der Waals surface area contributed by atoms with E-state index in [-0.39, 0.29) is 24.2 Å². The highest BCUT2D eigenvalue weighted by molar-refractivity contribution is 5.96. The second kappa shape index (κ2) is 6.78. The topological polar surface area (TPSA) is 41.6 Å². The SMILES string of the molecule is CNCC(C)C(=O)N1CCOc2cc(C)ccc21.Cl. The third-order valence-corrected chi connectivity index (χ3v) is 3.18. The van der Waals surface area contributed by atoms with Gasteiger partial charge in [0.25, 0.3) is 0 Å². The molecule has 0 saturated heterocycles. The summed E-state index contributed by atoms with van der Waals surface area (Å²) in [4.78, 5) is 14.2. The molecule has 1 N–H and O–H groups in total. The highest BCUT2D eigenvalue weighted by atomic mass is 35.5. The minimum absolute atomic E-state index is 0. The predicted molar refractivity (Wildman–Crippen MR) is 79.4 cm³/mol. The molecule has 1 heterocycles. The highest BCUT2D eigenvalue weighted by Gasteiger charge is 2.26. The monoisotopic (exact) mass is 284 g/mol. The van der Waals surface area contributed by atoms with Gasteiger partial charge < -0.3 is 15.0 Å². The average Bonchev–Trinajstić information content (AvgIpc) is 2.37. The summed E-state index contributed by atoms with van der Waals surface area (Å²) in [6.45, 7) is 5.85. The lowest BCUT2D eigenvalue weighted by molar-refractivity contribution is -0.122. The van der Waals surface area contributed by atoms with Crippen LogP contribution in [0, 0.1) is 12.8 Å². The van der Waals surface area contributed by atoms with Gasteiger partial charge in [0.1, 0.15) is 12.4 Å². The Hall–Kier alpha value is -1.26. The third kappa shape index (κ3) is 3.39. The number of amides is 1. The van der Waals surface area contributed by atoms with Gasteiger partial charge in [0.05, 0.1) is 12.2 Å². The Morgan fingerprint density at radius 3 is 2.95 bits per heavy atom. The molecule has 0 radical (unpaired) electrons. The maximum atomic E-state index is 12.4. The number of ether oxygens (including phenoxy) is 1. The van der Waals surface area contributed by atoms with E-state index in [4.69, 9.17) is 4.74 Å². The molecular formula is C14H21ClN2O2. The van der Waals surface area contributed by atoms with Crippen molar-refractivity contribution < 1.29 is 9.53 Å². The van der Waals surface area contributed by atoms with E-state index in [2.05, 4.69) is 5.32 Å². The van der Waals surface area contributed by atoms with Gasteiger partial charge in [-0.2, -0.15) is 0 Å². The summed E-state index contributed by atoms with van der Waals surface area (Å²) < 4.78 is 5.61. The highest BCUT2D eigenvalue weighted by Crippen LogP contribution is 2.33. The molecular weight excluding hydrogens is 264 g/mol. The summed E-state index contributed by atoms with van der Waals surface area (Å²) in [5.41, 5.74) is 2.03. The Balaban J connectivity index is 0.00000180. The van der Waals surface area contributed by atoms with Crippen LogP contribution in [0.25, 0.3) is 0 Å². The molecule has 2 rings (SSSR count). The van der Waals surface area contributed by atoms with Crippen LogP contribution in [0.1, 0.15) is 12.5 Å². The Morgan fingerprint density at radius 1 is 1.53 bits per heavy atom. The lowest BCUT2D eigenvalue weighted by Gasteiger charge is -2.31. The smallest absolute Gasteiger partial charge is 0.231 e. The number of nitrogens with zero attached hydrogens (tertiary/aromatic N) is 1. The summed E-state index contributed by atoms with van der Waals surface area (Å²) >= 11 is 0. The quantitative estimate of drug-likeness (QED) is 0.923. The van der Waals surface area contributed by atoms with E-state index in [1.54, 1.807) is 0 Å². The lowest BCUT2D eigenvalue weighted by Crippen LogP contribution is -2.43. The number of fused-ring (bicyclic) bond motifs is 1. The number of rotatable bonds is 3. The molecule has 1 unspecified atom stereocenters. The number of carbonyl (C=O) groups excluding carboxylic acids is 1. The van der Waals surface area contributed by atoms with Crippen LogP contribution in [0.4, 0.5) is 5.69 Å². The molecule has 0 aromatic heterocycles. The van der Waals surface area contributed by atoms with Crippen molar-refractivity contribution in [3.63, 3.8) is 0 Å². The first kappa shape index (κ1) is 15.8. The Morgan fingerprint density at radius 2 is 2.26 bits per heavy atom. The maximum Gasteiger partial charge on any atom is 0.231 e. The molecule has 0 saturated carbocycles. The van der Waals surface area contributed by atoms with Crippen LogP contribution in [0.3, 0.4) is 0 Å². The minimum Gasteiger partial charge on any atom is -0.490 e. The second-order valence-corrected chi connectivity index (χ2v) is 4.77. The fraction of sp³-hybridized carbons (Fsp3) is 0.500. The average molecular weight is 285 g/mol. The van der Waals surface area contributed by atoms with E-state index in [1.807, 2.05) is 44.0 Å². The molecule has 106 valence electrons. The van der Waals surface area contributed by atoms with E-state index in [1.165, 1.54) is 0 Å². The normalized spacial score (nSPS) is 15.0. The summed E-state index contributed by atoms with van der Waals surface area (Å²) in [6, 6.07) is 5.96. The number of aryl methyl sites for hydroxylation is 1. The van der Waals surface area contributed by atoms with Gasteiger partial charge in [-0.25, -0.2) is 0 Å². The number of hydrogen-bond donors (Lipinski definition) is 1. The molecule has 1 aromatic carbocycles. The number of halogens is 1. The standard InChI is InChI=1S/C14H20N2O2.ClH/c1-10-4-5-12-13(8-10)18-7-6-16(12)14(17)11(2)9-15-3;/h4-5,8,11,15H,6-7,9H2,1-3H3;1H. The second-order valence-electron chi connectivity index (χ2n) is 4.77. The molecule has 1 atom stereocenters. The molecule has 0 spiro atoms. The number of benzene rings is 1. The van der Waals surface area contributed by atoms with Crippen molar-refractivity contribution >= 4 is 24.0 Å². The van der Waals surface area contributed by atoms with Crippen molar-refractivity contribution in [2.24, 2.45) is 5.92 Å². The molecule has 0 fully saturated rings. The summed E-state index contributed by atoms with van der Waals surface area (Å²) in [5, 5.41) is 3.04. The molecule has 19 heavy (non-hydrogen) atoms. The van der Waals surface area contributed by atoms with Crippen LogP contribution < -0.4 is 15.0 Å². The molecule has 0 aliphatic carbocycles. The summed E-state index contributed by atoms with van der Waals surface area (Å²) in [6.07, 6.45) is 0. The van der Waals surface area contributed by atoms with Crippen LogP contribution in [-0.4, -0.2) is 32.7 Å². The first-order valence-corrected chi connectivity index (χ1v) is 6.33. The van der Waals surface area contributed by atoms with Gasteiger partial charge in [0, 0.05) is 12.5 Å². The van der Waals surface area contributed by atoms with E-state index in [0.717, 1.165) is 17.0 Å². The zero-order valence-electron chi connectivity index (χ0n) is 11.6. The van der Waals surface area contributed by atoms with Crippen LogP contribution >= 0.6 is 12.4 Å². The van der Waals surface area contributed by atoms with Gasteiger partial charge in [-0.1, -0.05) is 13.0 Å². The van der Waals surface area contributed by atoms with Gasteiger partial charge in [0.15, 0.2) is 0 Å². The van der Waals surface area contributed by atoms with Crippen LogP contribution in [0.5, 0.6) is 5.75 Å². The molecule has 4 nitrogen and oxygen atoms in total. The van der Waals surface area contributed by atoms with Gasteiger partial charge in [-0.15, -0.1) is 12.4 Å². The van der Waals surface area contributed by atoms with E-state index in [0.29, 0.717) is 19.7 Å². The van der Waals surface area contributed by atoms with Crippen molar-refractivity contribution in [2.45, 2.75) is 13.8 Å². The van der Waals surface area contributed by atoms with E-state index >= 15 is 0 Å². The maximum absolute atomic E-state index is 12.4. The number of hydrogen-bond acceptors (Lipinski definition) is 3. The lowest BCUT2D eigenvalue weighted by atomic mass is 10.1. The third-order valence-electron chi connectivity index (χ3n) is 3.18. The fourth-order valence-corrected chi connectivity index (χ4v) is 2.22. The molecule has 1 amide bonds. The van der Waals surface area contributed by atoms with E-state index in [9.17, 15) is 4.79 Å². The predicted octanol–water partition coefficient (Wildman–Crippen LogP) is 2.00. The van der Waals surface area contributed by atoms with Crippen LogP contribution in [0.2, 0.25) is 0 Å². The summed E-state index contributed by atoms with van der Waals surface area (Å²) in [5.74, 6) is 0.936. The molecule has 0 bridgehead atoms. The Bertz CT molecular complexity index is 451. The van der Waals surface area contributed by atoms with Crippen molar-refractivity contribution in [3.05, 3.63) is 23.8 Å². The number of carbonyl (C=O) groups is 1. The van der Waals surface area contributed by atoms with Crippen molar-refractivity contribution in [1.82, 2.24) is 5.32 Å². The molecule has 1 aliphatic rings. The zero-order valence-corrected chi connectivity index (χ0v) is 12.4. The first-order chi connectivity index (χ1) is 8.63. The van der Waals surface area contributed by atoms with Crippen LogP contribution in [0.15, 0.2) is 18.2 Å². The largest absolute Gasteiger partial charge is 0.490 e. The van der Waals surface area contributed by atoms with Gasteiger partial charge >= 0.3 is 0 Å². The number of anilines is 1. The molecule has 1 aliphatic heterocycles. The zero-order chi connectivity index (χ0) is 13.1. The van der Waals surface area contributed by atoms with Gasteiger partial charge in [0.2, 0.25) is 5.91 Å². The van der Waals surface area contributed by atoms with Crippen molar-refractivity contribution in [2.75, 3.05) is 31.6 Å². The summed E-state index contributed by atoms with van der Waals surface area (Å²) in [7, 11) is 1.86. The van der Waals surface area contributed by atoms with E-state index < -0.39 is 0 Å². The van der Waals surface area contributed by atoms with Crippen LogP contribution in [-0.2, 0) is 4.79 Å². The Kier molecular flexibility index (Phi) is 5.63. The minimum atomic E-state index is -0.0257.